The first-order valence-corrected chi connectivity index (χ1v) is 18.8. The maximum absolute atomic E-state index is 13.4. The van der Waals surface area contributed by atoms with Crippen LogP contribution in [0.5, 0.6) is 0 Å². The molecule has 0 fully saturated rings. The van der Waals surface area contributed by atoms with Crippen molar-refractivity contribution in [1.82, 2.24) is 26.6 Å². The highest BCUT2D eigenvalue weighted by atomic mass is 16.4. The Bertz CT molecular complexity index is 1060. The second-order valence-corrected chi connectivity index (χ2v) is 13.4. The molecule has 0 unspecified atom stereocenters. The summed E-state index contributed by atoms with van der Waals surface area (Å²) >= 11 is 0. The fraction of sp³-hybridized carbons (Fsp3) is 0.829. The van der Waals surface area contributed by atoms with E-state index < -0.39 is 78.6 Å². The number of hydrogen-bond donors (Lipinski definition) is 11. The molecule has 0 aliphatic rings. The molecule has 0 bridgehead atoms. The van der Waals surface area contributed by atoms with Gasteiger partial charge in [0.15, 0.2) is 0 Å². The minimum absolute atomic E-state index is 0.0236. The summed E-state index contributed by atoms with van der Waals surface area (Å²) in [7, 11) is 0. The molecule has 0 aromatic rings. The third kappa shape index (κ3) is 21.2. The first-order valence-electron chi connectivity index (χ1n) is 18.8. The van der Waals surface area contributed by atoms with E-state index in [4.69, 9.17) is 11.5 Å². The molecule has 7 atom stereocenters. The molecular formula is C35H67N7O10. The lowest BCUT2D eigenvalue weighted by molar-refractivity contribution is -0.143. The standard InChI is InChI=1S/C35H67N7O10/c1-4-5-6-7-8-9-10-11-12-19-28(46)38-25(17-13-15-20-36)32(48)41-30(24(3)45)34(50)42-29(23(2)44)33(49)39-26(18-14-16-21-37)31(47)40-27(22-43)35(51)52/h23-27,29-30,43-45H,4-22,36-37H2,1-3H3,(H,38,46)(H,39,49)(H,40,47)(H,41,48)(H,42,50)(H,51,52)/t23-,24-,25+,26+,27+,29+,30+/m1/s1. The number of carboxylic acids is 1. The van der Waals surface area contributed by atoms with Crippen LogP contribution in [0.25, 0.3) is 0 Å². The summed E-state index contributed by atoms with van der Waals surface area (Å²) in [5.74, 6) is -5.50. The quantitative estimate of drug-likeness (QED) is 0.0398. The van der Waals surface area contributed by atoms with Crippen LogP contribution in [0, 0.1) is 0 Å². The summed E-state index contributed by atoms with van der Waals surface area (Å²) in [5, 5.41) is 51.4. The minimum atomic E-state index is -1.67. The van der Waals surface area contributed by atoms with Gasteiger partial charge in [-0.15, -0.1) is 0 Å². The summed E-state index contributed by atoms with van der Waals surface area (Å²) in [6.07, 6.45) is 9.16. The van der Waals surface area contributed by atoms with Crippen molar-refractivity contribution in [3.8, 4) is 0 Å². The van der Waals surface area contributed by atoms with Gasteiger partial charge in [0, 0.05) is 6.42 Å². The largest absolute Gasteiger partial charge is 0.480 e. The Labute approximate surface area is 308 Å². The van der Waals surface area contributed by atoms with Gasteiger partial charge < -0.3 is 58.5 Å². The molecule has 0 aliphatic heterocycles. The summed E-state index contributed by atoms with van der Waals surface area (Å²) in [5.41, 5.74) is 11.1. The Morgan fingerprint density at radius 1 is 0.538 bits per heavy atom. The summed E-state index contributed by atoms with van der Waals surface area (Å²) < 4.78 is 0. The minimum Gasteiger partial charge on any atom is -0.480 e. The molecule has 0 heterocycles. The fourth-order valence-corrected chi connectivity index (χ4v) is 5.41. The highest BCUT2D eigenvalue weighted by Gasteiger charge is 2.35. The monoisotopic (exact) mass is 745 g/mol. The zero-order valence-electron chi connectivity index (χ0n) is 31.4. The van der Waals surface area contributed by atoms with Gasteiger partial charge in [0.2, 0.25) is 29.5 Å². The van der Waals surface area contributed by atoms with Crippen LogP contribution in [0.15, 0.2) is 0 Å². The second-order valence-electron chi connectivity index (χ2n) is 13.4. The van der Waals surface area contributed by atoms with E-state index in [1.165, 1.54) is 46.0 Å². The third-order valence-electron chi connectivity index (χ3n) is 8.61. The van der Waals surface area contributed by atoms with Crippen LogP contribution < -0.4 is 38.1 Å². The van der Waals surface area contributed by atoms with Gasteiger partial charge in [-0.05, 0) is 71.9 Å². The number of carboxylic acid groups (broad SMARTS) is 1. The van der Waals surface area contributed by atoms with Crippen LogP contribution in [0.2, 0.25) is 0 Å². The summed E-state index contributed by atoms with van der Waals surface area (Å²) in [6, 6.07) is -7.24. The predicted molar refractivity (Wildman–Crippen MR) is 195 cm³/mol. The summed E-state index contributed by atoms with van der Waals surface area (Å²) in [6.45, 7) is 4.38. The van der Waals surface area contributed by atoms with Crippen molar-refractivity contribution in [2.75, 3.05) is 19.7 Å². The molecule has 5 amide bonds. The van der Waals surface area contributed by atoms with Crippen LogP contribution in [0.1, 0.15) is 124 Å². The number of hydrogen-bond acceptors (Lipinski definition) is 11. The van der Waals surface area contributed by atoms with Crippen LogP contribution in [-0.4, -0.2) is 118 Å². The van der Waals surface area contributed by atoms with Crippen molar-refractivity contribution in [1.29, 1.82) is 0 Å². The van der Waals surface area contributed by atoms with Crippen LogP contribution in [0.3, 0.4) is 0 Å². The lowest BCUT2D eigenvalue weighted by Crippen LogP contribution is -2.62. The topological polar surface area (TPSA) is 296 Å². The molecule has 0 saturated heterocycles. The second kappa shape index (κ2) is 29.1. The first-order chi connectivity index (χ1) is 24.7. The average Bonchev–Trinajstić information content (AvgIpc) is 3.09. The van der Waals surface area contributed by atoms with E-state index in [0.29, 0.717) is 38.6 Å². The van der Waals surface area contributed by atoms with Gasteiger partial charge in [-0.1, -0.05) is 58.3 Å². The maximum Gasteiger partial charge on any atom is 0.328 e. The van der Waals surface area contributed by atoms with Gasteiger partial charge in [-0.3, -0.25) is 24.0 Å². The van der Waals surface area contributed by atoms with Gasteiger partial charge in [0.05, 0.1) is 18.8 Å². The lowest BCUT2D eigenvalue weighted by Gasteiger charge is -2.29. The molecule has 13 N–H and O–H groups in total. The van der Waals surface area contributed by atoms with Gasteiger partial charge in [0.1, 0.15) is 30.2 Å². The molecule has 0 aromatic carbocycles. The molecule has 0 saturated carbocycles. The lowest BCUT2D eigenvalue weighted by atomic mass is 10.0. The number of nitrogens with one attached hydrogen (secondary N) is 5. The first kappa shape index (κ1) is 48.6. The number of aliphatic hydroxyl groups is 3. The van der Waals surface area contributed by atoms with E-state index in [1.54, 1.807) is 0 Å². The van der Waals surface area contributed by atoms with Gasteiger partial charge in [0.25, 0.3) is 0 Å². The molecule has 0 spiro atoms. The zero-order chi connectivity index (χ0) is 39.5. The van der Waals surface area contributed by atoms with Crippen molar-refractivity contribution >= 4 is 35.5 Å². The predicted octanol–water partition coefficient (Wildman–Crippen LogP) is -0.572. The number of nitrogens with two attached hydrogens (primary N) is 2. The van der Waals surface area contributed by atoms with Crippen molar-refractivity contribution in [2.24, 2.45) is 11.5 Å². The Kier molecular flexibility index (Phi) is 27.2. The van der Waals surface area contributed by atoms with E-state index >= 15 is 0 Å². The Balaban J connectivity index is 5.60. The van der Waals surface area contributed by atoms with Crippen molar-refractivity contribution < 1.29 is 49.2 Å². The Morgan fingerprint density at radius 3 is 1.38 bits per heavy atom. The molecule has 0 aliphatic carbocycles. The maximum atomic E-state index is 13.4. The van der Waals surface area contributed by atoms with E-state index in [2.05, 4.69) is 33.5 Å². The number of amides is 5. The van der Waals surface area contributed by atoms with Gasteiger partial charge in [-0.2, -0.15) is 0 Å². The number of rotatable bonds is 31. The van der Waals surface area contributed by atoms with E-state index in [1.807, 2.05) is 0 Å². The SMILES string of the molecule is CCCCCCCCCCCC(=O)N[C@@H](CCCCN)C(=O)N[C@H](C(=O)N[C@H](C(=O)N[C@@H](CCCCN)C(=O)N[C@@H](CO)C(=O)O)[C@@H](C)O)[C@@H](C)O. The Hall–Kier alpha value is -3.38. The molecular weight excluding hydrogens is 678 g/mol. The number of aliphatic hydroxyl groups excluding tert-OH is 3. The highest BCUT2D eigenvalue weighted by molar-refractivity contribution is 5.96. The fourth-order valence-electron chi connectivity index (χ4n) is 5.41. The molecule has 302 valence electrons. The van der Waals surface area contributed by atoms with Crippen molar-refractivity contribution in [3.63, 3.8) is 0 Å². The van der Waals surface area contributed by atoms with E-state index in [9.17, 15) is 49.2 Å². The number of aliphatic carboxylic acids is 1. The normalized spacial score (nSPS) is 15.2. The summed E-state index contributed by atoms with van der Waals surface area (Å²) in [4.78, 5) is 77.0. The van der Waals surface area contributed by atoms with Crippen LogP contribution in [-0.2, 0) is 28.8 Å². The molecule has 17 heteroatoms. The van der Waals surface area contributed by atoms with E-state index in [-0.39, 0.29) is 31.7 Å². The smallest absolute Gasteiger partial charge is 0.328 e. The number of carbonyl (C=O) groups is 6. The number of carbonyl (C=O) groups excluding carboxylic acids is 5. The van der Waals surface area contributed by atoms with Crippen molar-refractivity contribution in [3.05, 3.63) is 0 Å². The third-order valence-corrected chi connectivity index (χ3v) is 8.61. The highest BCUT2D eigenvalue weighted by Crippen LogP contribution is 2.11. The van der Waals surface area contributed by atoms with E-state index in [0.717, 1.165) is 19.3 Å². The molecule has 0 rings (SSSR count). The van der Waals surface area contributed by atoms with Crippen LogP contribution >= 0.6 is 0 Å². The molecule has 52 heavy (non-hydrogen) atoms. The van der Waals surface area contributed by atoms with Crippen molar-refractivity contribution in [2.45, 2.75) is 166 Å². The van der Waals surface area contributed by atoms with Gasteiger partial charge >= 0.3 is 5.97 Å². The average molecular weight is 746 g/mol. The molecule has 17 nitrogen and oxygen atoms in total. The van der Waals surface area contributed by atoms with Crippen LogP contribution in [0.4, 0.5) is 0 Å². The zero-order valence-corrected chi connectivity index (χ0v) is 31.4. The molecule has 0 aromatic heterocycles. The Morgan fingerprint density at radius 2 is 0.942 bits per heavy atom. The van der Waals surface area contributed by atoms with Gasteiger partial charge in [-0.25, -0.2) is 4.79 Å². The molecule has 0 radical (unpaired) electrons. The number of unbranched alkanes of at least 4 members (excludes halogenated alkanes) is 10.